The Labute approximate surface area is 90.2 Å². The van der Waals surface area contributed by atoms with E-state index in [0.717, 1.165) is 12.8 Å². The Kier molecular flexibility index (Phi) is 4.78. The number of hydrogen-bond donors (Lipinski definition) is 0. The van der Waals surface area contributed by atoms with Crippen LogP contribution < -0.4 is 0 Å². The van der Waals surface area contributed by atoms with Gasteiger partial charge >= 0.3 is 5.97 Å². The Morgan fingerprint density at radius 1 is 1.53 bits per heavy atom. The van der Waals surface area contributed by atoms with E-state index in [1.165, 1.54) is 6.08 Å². The van der Waals surface area contributed by atoms with Crippen LogP contribution in [0.5, 0.6) is 0 Å². The molecule has 1 saturated heterocycles. The summed E-state index contributed by atoms with van der Waals surface area (Å²) in [6, 6.07) is 0. The van der Waals surface area contributed by atoms with E-state index in [1.807, 2.05) is 0 Å². The zero-order valence-electron chi connectivity index (χ0n) is 9.16. The van der Waals surface area contributed by atoms with Crippen molar-refractivity contribution in [2.24, 2.45) is 5.41 Å². The molecule has 0 aromatic heterocycles. The minimum absolute atomic E-state index is 0.000298. The lowest BCUT2D eigenvalue weighted by atomic mass is 9.83. The molecule has 1 fully saturated rings. The molecule has 0 unspecified atom stereocenters. The molecule has 1 heterocycles. The SMILES string of the molecule is C=CC(=O)OCCC1(CC)COCOC1. The van der Waals surface area contributed by atoms with Crippen molar-refractivity contribution in [3.05, 3.63) is 12.7 Å². The molecule has 0 aliphatic carbocycles. The van der Waals surface area contributed by atoms with Gasteiger partial charge in [0.15, 0.2) is 0 Å². The van der Waals surface area contributed by atoms with Gasteiger partial charge in [-0.3, -0.25) is 0 Å². The zero-order chi connectivity index (χ0) is 11.1. The first-order chi connectivity index (χ1) is 7.22. The van der Waals surface area contributed by atoms with Crippen molar-refractivity contribution in [2.45, 2.75) is 19.8 Å². The quantitative estimate of drug-likeness (QED) is 0.514. The summed E-state index contributed by atoms with van der Waals surface area (Å²) < 4.78 is 15.5. The van der Waals surface area contributed by atoms with Gasteiger partial charge in [-0.2, -0.15) is 0 Å². The van der Waals surface area contributed by atoms with Gasteiger partial charge in [0.25, 0.3) is 0 Å². The normalized spacial score (nSPS) is 19.5. The molecule has 0 N–H and O–H groups in total. The summed E-state index contributed by atoms with van der Waals surface area (Å²) in [5.74, 6) is -0.376. The summed E-state index contributed by atoms with van der Waals surface area (Å²) in [6.07, 6.45) is 2.90. The molecule has 0 spiro atoms. The number of esters is 1. The van der Waals surface area contributed by atoms with Gasteiger partial charge in [-0.1, -0.05) is 13.5 Å². The zero-order valence-corrected chi connectivity index (χ0v) is 9.16. The third kappa shape index (κ3) is 3.64. The minimum atomic E-state index is -0.376. The maximum Gasteiger partial charge on any atom is 0.330 e. The molecular weight excluding hydrogens is 196 g/mol. The molecular formula is C11H18O4. The van der Waals surface area contributed by atoms with Gasteiger partial charge in [0.05, 0.1) is 19.8 Å². The van der Waals surface area contributed by atoms with Crippen molar-refractivity contribution in [2.75, 3.05) is 26.6 Å². The van der Waals surface area contributed by atoms with Crippen molar-refractivity contribution >= 4 is 5.97 Å². The summed E-state index contributed by atoms with van der Waals surface area (Å²) in [7, 11) is 0. The topological polar surface area (TPSA) is 44.8 Å². The van der Waals surface area contributed by atoms with Crippen molar-refractivity contribution in [1.29, 1.82) is 0 Å². The molecule has 0 amide bonds. The van der Waals surface area contributed by atoms with Gasteiger partial charge in [-0.05, 0) is 12.8 Å². The van der Waals surface area contributed by atoms with Crippen LogP contribution in [0.1, 0.15) is 19.8 Å². The van der Waals surface area contributed by atoms with E-state index < -0.39 is 0 Å². The summed E-state index contributed by atoms with van der Waals surface area (Å²) in [6.45, 7) is 7.55. The lowest BCUT2D eigenvalue weighted by Crippen LogP contribution is -2.38. The summed E-state index contributed by atoms with van der Waals surface area (Å²) >= 11 is 0. The van der Waals surface area contributed by atoms with Crippen LogP contribution in [0.2, 0.25) is 0 Å². The Balaban J connectivity index is 2.32. The van der Waals surface area contributed by atoms with Gasteiger partial charge in [0.2, 0.25) is 0 Å². The molecule has 0 bridgehead atoms. The molecule has 15 heavy (non-hydrogen) atoms. The van der Waals surface area contributed by atoms with E-state index in [4.69, 9.17) is 14.2 Å². The fraction of sp³-hybridized carbons (Fsp3) is 0.727. The molecule has 0 saturated carbocycles. The Morgan fingerprint density at radius 3 is 2.73 bits per heavy atom. The van der Waals surface area contributed by atoms with Crippen LogP contribution in [0, 0.1) is 5.41 Å². The predicted octanol–water partition coefficient (Wildman–Crippen LogP) is 1.51. The summed E-state index contributed by atoms with van der Waals surface area (Å²) in [5.41, 5.74) is -0.000298. The average Bonchev–Trinajstić information content (AvgIpc) is 2.30. The first-order valence-corrected chi connectivity index (χ1v) is 5.17. The highest BCUT2D eigenvalue weighted by Gasteiger charge is 2.31. The Hall–Kier alpha value is -0.870. The van der Waals surface area contributed by atoms with Crippen LogP contribution >= 0.6 is 0 Å². The second-order valence-electron chi connectivity index (χ2n) is 3.79. The van der Waals surface area contributed by atoms with Crippen molar-refractivity contribution in [3.8, 4) is 0 Å². The van der Waals surface area contributed by atoms with Gasteiger partial charge in [0, 0.05) is 11.5 Å². The number of ether oxygens (including phenoxy) is 3. The van der Waals surface area contributed by atoms with E-state index in [0.29, 0.717) is 26.6 Å². The van der Waals surface area contributed by atoms with Gasteiger partial charge in [-0.25, -0.2) is 4.79 Å². The largest absolute Gasteiger partial charge is 0.463 e. The summed E-state index contributed by atoms with van der Waals surface area (Å²) in [4.78, 5) is 10.8. The lowest BCUT2D eigenvalue weighted by molar-refractivity contribution is -0.172. The van der Waals surface area contributed by atoms with Crippen molar-refractivity contribution < 1.29 is 19.0 Å². The number of carbonyl (C=O) groups excluding carboxylic acids is 1. The van der Waals surface area contributed by atoms with Crippen molar-refractivity contribution in [1.82, 2.24) is 0 Å². The number of carbonyl (C=O) groups is 1. The minimum Gasteiger partial charge on any atom is -0.463 e. The third-order valence-electron chi connectivity index (χ3n) is 2.78. The maximum absolute atomic E-state index is 10.8. The lowest BCUT2D eigenvalue weighted by Gasteiger charge is -2.35. The summed E-state index contributed by atoms with van der Waals surface area (Å²) in [5, 5.41) is 0. The van der Waals surface area contributed by atoms with E-state index in [-0.39, 0.29) is 11.4 Å². The van der Waals surface area contributed by atoms with Crippen LogP contribution in [0.3, 0.4) is 0 Å². The number of rotatable bonds is 5. The second kappa shape index (κ2) is 5.88. The molecule has 86 valence electrons. The fourth-order valence-electron chi connectivity index (χ4n) is 1.57. The Morgan fingerprint density at radius 2 is 2.20 bits per heavy atom. The molecule has 0 atom stereocenters. The molecule has 1 aliphatic heterocycles. The molecule has 4 nitrogen and oxygen atoms in total. The van der Waals surface area contributed by atoms with Crippen LogP contribution in [0.4, 0.5) is 0 Å². The molecule has 0 aromatic carbocycles. The smallest absolute Gasteiger partial charge is 0.330 e. The van der Waals surface area contributed by atoms with Gasteiger partial charge < -0.3 is 14.2 Å². The predicted molar refractivity (Wildman–Crippen MR) is 55.3 cm³/mol. The van der Waals surface area contributed by atoms with Crippen LogP contribution in [0.15, 0.2) is 12.7 Å². The molecule has 4 heteroatoms. The van der Waals surface area contributed by atoms with E-state index >= 15 is 0 Å². The first kappa shape index (κ1) is 12.2. The third-order valence-corrected chi connectivity index (χ3v) is 2.78. The van der Waals surface area contributed by atoms with Crippen LogP contribution in [-0.2, 0) is 19.0 Å². The monoisotopic (exact) mass is 214 g/mol. The van der Waals surface area contributed by atoms with Crippen LogP contribution in [-0.4, -0.2) is 32.6 Å². The highest BCUT2D eigenvalue weighted by molar-refractivity contribution is 5.81. The van der Waals surface area contributed by atoms with Crippen LogP contribution in [0.25, 0.3) is 0 Å². The Bertz CT molecular complexity index is 219. The highest BCUT2D eigenvalue weighted by atomic mass is 16.7. The molecule has 1 aliphatic rings. The molecule has 0 radical (unpaired) electrons. The van der Waals surface area contributed by atoms with Gasteiger partial charge in [-0.15, -0.1) is 0 Å². The highest BCUT2D eigenvalue weighted by Crippen LogP contribution is 2.30. The van der Waals surface area contributed by atoms with E-state index in [2.05, 4.69) is 13.5 Å². The first-order valence-electron chi connectivity index (χ1n) is 5.17. The maximum atomic E-state index is 10.8. The molecule has 0 aromatic rings. The van der Waals surface area contributed by atoms with Crippen molar-refractivity contribution in [3.63, 3.8) is 0 Å². The average molecular weight is 214 g/mol. The standard InChI is InChI=1S/C11H18O4/c1-3-10(12)15-6-5-11(4-2)7-13-9-14-8-11/h3H,1,4-9H2,2H3. The number of hydrogen-bond acceptors (Lipinski definition) is 4. The van der Waals surface area contributed by atoms with Gasteiger partial charge in [0.1, 0.15) is 6.79 Å². The van der Waals surface area contributed by atoms with E-state index in [9.17, 15) is 4.79 Å². The van der Waals surface area contributed by atoms with E-state index in [1.54, 1.807) is 0 Å². The second-order valence-corrected chi connectivity index (χ2v) is 3.79. The molecule has 1 rings (SSSR count). The fourth-order valence-corrected chi connectivity index (χ4v) is 1.57.